The molecule has 0 atom stereocenters. The number of likely N-dealkylation sites (N-methyl/N-ethyl adjacent to an activating group) is 2. The van der Waals surface area contributed by atoms with Crippen LogP contribution in [0.5, 0.6) is 0 Å². The van der Waals surface area contributed by atoms with E-state index in [4.69, 9.17) is 4.55 Å². The molecule has 0 heterocycles. The van der Waals surface area contributed by atoms with E-state index in [0.29, 0.717) is 16.9 Å². The number of hydrogen-bond acceptors (Lipinski definition) is 6. The third kappa shape index (κ3) is 19.8. The van der Waals surface area contributed by atoms with Crippen LogP contribution in [0.1, 0.15) is 33.3 Å². The van der Waals surface area contributed by atoms with E-state index in [1.807, 2.05) is 12.1 Å². The van der Waals surface area contributed by atoms with Crippen molar-refractivity contribution in [1.82, 2.24) is 9.80 Å². The number of hydrogen-bond donors (Lipinski definition) is 2. The number of rotatable bonds is 8. The van der Waals surface area contributed by atoms with E-state index in [1.165, 1.54) is 24.3 Å². The molecule has 40 heavy (non-hydrogen) atoms. The Kier molecular flexibility index (Phi) is 28.8. The van der Waals surface area contributed by atoms with Gasteiger partial charge in [-0.2, -0.15) is 27.0 Å². The molecule has 0 unspecified atom stereocenters. The Bertz CT molecular complexity index is 1130. The van der Waals surface area contributed by atoms with Crippen molar-refractivity contribution in [3.05, 3.63) is 75.9 Å². The molecule has 0 radical (unpaired) electrons. The fourth-order valence-corrected chi connectivity index (χ4v) is 8.59. The summed E-state index contributed by atoms with van der Waals surface area (Å²) in [6.45, 7) is 14.2. The first-order valence-corrected chi connectivity index (χ1v) is 16.0. The van der Waals surface area contributed by atoms with Crippen LogP contribution in [0.25, 0.3) is 0 Å². The van der Waals surface area contributed by atoms with Crippen molar-refractivity contribution in [3.63, 3.8) is 0 Å². The maximum absolute atomic E-state index is 11.4. The minimum absolute atomic E-state index is 0. The van der Waals surface area contributed by atoms with Crippen LogP contribution >= 0.6 is 7.92 Å². The molecule has 2 rings (SSSR count). The van der Waals surface area contributed by atoms with Crippen LogP contribution in [0.3, 0.4) is 0 Å². The molecule has 0 aliphatic carbocycles. The second kappa shape index (κ2) is 23.3. The summed E-state index contributed by atoms with van der Waals surface area (Å²) in [5.41, 5.74) is 1.14. The Hall–Kier alpha value is -0.195. The standard InChI is InChI=1S/C12H19O3PS.C7H7O3S.C6H16N2.2CH3.2Pd/c1-9(2)16(10(3)4)11-7-5-6-8-12(11)17(13,14)15;1-6-4-2-3-5-7(6)11(8,9)10;1-7(2)5-6-8(3)4;;;;/h5-10H,1-4H3,(H,13,14,15);2-5H,1H2,(H,8,9,10);5-6H2,1-4H3;2*1H3;;/q;-1;;2*-1;;+2/p+1. The smallest absolute Gasteiger partial charge is 0.358 e. The molecular weight excluding hydrogens is 756 g/mol. The fourth-order valence-electron chi connectivity index (χ4n) is 3.37. The van der Waals surface area contributed by atoms with Crippen LogP contribution in [-0.2, 0) is 61.1 Å². The summed E-state index contributed by atoms with van der Waals surface area (Å²) in [5, 5.41) is 0.810. The van der Waals surface area contributed by atoms with Crippen LogP contribution in [0, 0.1) is 21.8 Å². The van der Waals surface area contributed by atoms with E-state index in [1.54, 1.807) is 12.1 Å². The average Bonchev–Trinajstić information content (AvgIpc) is 2.72. The molecule has 13 heteroatoms. The molecule has 0 amide bonds. The Labute approximate surface area is 274 Å². The summed E-state index contributed by atoms with van der Waals surface area (Å²) in [6.07, 6.45) is 0. The van der Waals surface area contributed by atoms with Gasteiger partial charge in [-0.3, -0.25) is 9.11 Å². The Morgan fingerprint density at radius 3 is 1.32 bits per heavy atom. The zero-order chi connectivity index (χ0) is 28.3. The summed E-state index contributed by atoms with van der Waals surface area (Å²) in [6, 6.07) is 12.8. The van der Waals surface area contributed by atoms with Gasteiger partial charge in [-0.1, -0.05) is 24.3 Å². The van der Waals surface area contributed by atoms with Gasteiger partial charge in [0.25, 0.3) is 10.1 Å². The minimum Gasteiger partial charge on any atom is -0.358 e. The largest absolute Gasteiger partial charge is 2.00 e. The van der Waals surface area contributed by atoms with Crippen LogP contribution < -0.4 is 5.30 Å². The summed E-state index contributed by atoms with van der Waals surface area (Å²) in [4.78, 5) is 4.30. The molecular formula is C27H49N2O6PPd2S2. The molecule has 2 aromatic rings. The molecule has 0 saturated heterocycles. The minimum atomic E-state index is -4.12. The normalized spacial score (nSPS) is 10.8. The summed E-state index contributed by atoms with van der Waals surface area (Å²) >= 11 is 0. The molecule has 0 bridgehead atoms. The summed E-state index contributed by atoms with van der Waals surface area (Å²) < 4.78 is 61.8. The molecule has 0 spiro atoms. The molecule has 0 aromatic heterocycles. The van der Waals surface area contributed by atoms with Gasteiger partial charge in [-0.15, -0.1) is 6.07 Å². The first-order valence-electron chi connectivity index (χ1n) is 11.5. The van der Waals surface area contributed by atoms with Gasteiger partial charge in [-0.05, 0) is 72.9 Å². The second-order valence-corrected chi connectivity index (χ2v) is 16.0. The summed E-state index contributed by atoms with van der Waals surface area (Å²) in [5.74, 6) is 0. The van der Waals surface area contributed by atoms with Crippen molar-refractivity contribution in [2.75, 3.05) is 41.3 Å². The third-order valence-electron chi connectivity index (χ3n) is 4.96. The zero-order valence-electron chi connectivity index (χ0n) is 25.3. The SMILES string of the molecule is CC(C)[PH+](c1ccccc1S(=O)(=O)O)C(C)C.CN(C)CCN(C)C.[CH2-]c1ccccc1S(=O)(=O)O.[CH3-].[CH3-].[Pd+2].[Pd]. The predicted octanol–water partition coefficient (Wildman–Crippen LogP) is 4.71. The van der Waals surface area contributed by atoms with Crippen LogP contribution in [-0.4, -0.2) is 88.3 Å². The van der Waals surface area contributed by atoms with E-state index >= 15 is 0 Å². The topological polar surface area (TPSA) is 115 Å². The van der Waals surface area contributed by atoms with Crippen LogP contribution in [0.15, 0.2) is 58.3 Å². The van der Waals surface area contributed by atoms with Crippen molar-refractivity contribution >= 4 is 33.5 Å². The van der Waals surface area contributed by atoms with Gasteiger partial charge in [0.2, 0.25) is 10.1 Å². The first-order chi connectivity index (χ1) is 16.4. The average molecular weight is 806 g/mol. The predicted molar refractivity (Wildman–Crippen MR) is 165 cm³/mol. The monoisotopic (exact) mass is 804 g/mol. The van der Waals surface area contributed by atoms with Gasteiger partial charge >= 0.3 is 20.4 Å². The molecule has 0 aliphatic rings. The van der Waals surface area contributed by atoms with Gasteiger partial charge in [0.15, 0.2) is 0 Å². The van der Waals surface area contributed by atoms with Gasteiger partial charge in [0.05, 0.1) is 11.3 Å². The van der Waals surface area contributed by atoms with Crippen molar-refractivity contribution in [3.8, 4) is 0 Å². The van der Waals surface area contributed by atoms with Gasteiger partial charge in [0.1, 0.15) is 10.2 Å². The third-order valence-corrected chi connectivity index (χ3v) is 10.6. The Balaban J connectivity index is -0.000000156. The summed E-state index contributed by atoms with van der Waals surface area (Å²) in [7, 11) is -0.876. The second-order valence-electron chi connectivity index (χ2n) is 9.43. The fraction of sp³-hybridized carbons (Fsp3) is 0.444. The zero-order valence-corrected chi connectivity index (χ0v) is 31.0. The molecule has 240 valence electrons. The van der Waals surface area contributed by atoms with Gasteiger partial charge < -0.3 is 24.7 Å². The van der Waals surface area contributed by atoms with Crippen molar-refractivity contribution < 1.29 is 66.8 Å². The first kappa shape index (κ1) is 49.5. The van der Waals surface area contributed by atoms with E-state index in [0.717, 1.165) is 18.4 Å². The quantitative estimate of drug-likeness (QED) is 0.171. The van der Waals surface area contributed by atoms with Crippen molar-refractivity contribution in [2.24, 2.45) is 0 Å². The van der Waals surface area contributed by atoms with E-state index in [9.17, 15) is 21.4 Å². The Morgan fingerprint density at radius 1 is 0.725 bits per heavy atom. The van der Waals surface area contributed by atoms with Crippen molar-refractivity contribution in [2.45, 2.75) is 48.8 Å². The molecule has 8 nitrogen and oxygen atoms in total. The molecule has 0 saturated carbocycles. The maximum atomic E-state index is 11.4. The van der Waals surface area contributed by atoms with E-state index < -0.39 is 28.2 Å². The number of nitrogens with zero attached hydrogens (tertiary/aromatic N) is 2. The van der Waals surface area contributed by atoms with Crippen LogP contribution in [0.2, 0.25) is 0 Å². The van der Waals surface area contributed by atoms with E-state index in [-0.39, 0.29) is 65.5 Å². The Morgan fingerprint density at radius 2 is 1.05 bits per heavy atom. The van der Waals surface area contributed by atoms with Gasteiger partial charge in [-0.25, -0.2) is 8.42 Å². The molecule has 0 fully saturated rings. The van der Waals surface area contributed by atoms with Gasteiger partial charge in [0, 0.05) is 41.4 Å². The van der Waals surface area contributed by atoms with Crippen LogP contribution in [0.4, 0.5) is 0 Å². The number of benzene rings is 2. The molecule has 2 aromatic carbocycles. The maximum Gasteiger partial charge on any atom is 2.00 e. The molecule has 2 N–H and O–H groups in total. The van der Waals surface area contributed by atoms with Crippen molar-refractivity contribution in [1.29, 1.82) is 0 Å². The molecule has 0 aliphatic heterocycles. The van der Waals surface area contributed by atoms with E-state index in [2.05, 4.69) is 72.6 Å².